The van der Waals surface area contributed by atoms with Crippen molar-refractivity contribution < 1.29 is 33.9 Å². The second kappa shape index (κ2) is 9.14. The van der Waals surface area contributed by atoms with E-state index >= 15 is 0 Å². The molecular weight excluding hydrogens is 366 g/mol. The van der Waals surface area contributed by atoms with Crippen molar-refractivity contribution in [3.8, 4) is 0 Å². The van der Waals surface area contributed by atoms with Crippen molar-refractivity contribution >= 4 is 35.4 Å². The Morgan fingerprint density at radius 3 is 2.43 bits per heavy atom. The third-order valence-corrected chi connectivity index (χ3v) is 4.46. The van der Waals surface area contributed by atoms with E-state index in [-0.39, 0.29) is 42.0 Å². The summed E-state index contributed by atoms with van der Waals surface area (Å²) in [6.07, 6.45) is 1.25. The standard InChI is InChI=1S/C19H23N3O6/c1-10-7-14(24)16(11(2)17(10)26)19(3,4)8-15(25)22-13(18(27)28)6-5-12(23)9-21-20/h7,9,13H,5-6,8H2,1-4H3,(H,22,25)(H,27,28)/t13-/m0/s1. The van der Waals surface area contributed by atoms with Gasteiger partial charge in [-0.2, -0.15) is 4.79 Å². The Bertz CT molecular complexity index is 844. The molecule has 28 heavy (non-hydrogen) atoms. The zero-order chi connectivity index (χ0) is 21.6. The molecule has 150 valence electrons. The van der Waals surface area contributed by atoms with Crippen LogP contribution in [0.5, 0.6) is 0 Å². The fourth-order valence-corrected chi connectivity index (χ4v) is 3.18. The molecule has 0 aromatic heterocycles. The van der Waals surface area contributed by atoms with Crippen LogP contribution < -0.4 is 5.32 Å². The van der Waals surface area contributed by atoms with E-state index < -0.39 is 29.1 Å². The Morgan fingerprint density at radius 1 is 1.29 bits per heavy atom. The van der Waals surface area contributed by atoms with Crippen LogP contribution in [-0.2, 0) is 24.0 Å². The molecular formula is C19H23N3O6. The molecule has 0 spiro atoms. The fourth-order valence-electron chi connectivity index (χ4n) is 3.18. The van der Waals surface area contributed by atoms with Gasteiger partial charge < -0.3 is 16.0 Å². The number of aliphatic carboxylic acids is 1. The van der Waals surface area contributed by atoms with Crippen molar-refractivity contribution in [3.05, 3.63) is 28.3 Å². The molecule has 1 amide bonds. The summed E-state index contributed by atoms with van der Waals surface area (Å²) in [6.45, 7) is 6.32. The monoisotopic (exact) mass is 389 g/mol. The number of Topliss-reactive ketones (excluding diaryl/α,β-unsaturated/α-hetero) is 2. The van der Waals surface area contributed by atoms with Crippen LogP contribution in [0, 0.1) is 5.41 Å². The van der Waals surface area contributed by atoms with E-state index in [4.69, 9.17) is 5.53 Å². The molecule has 1 atom stereocenters. The van der Waals surface area contributed by atoms with Gasteiger partial charge in [-0.3, -0.25) is 19.2 Å². The van der Waals surface area contributed by atoms with Gasteiger partial charge in [-0.1, -0.05) is 13.8 Å². The van der Waals surface area contributed by atoms with Gasteiger partial charge >= 0.3 is 12.2 Å². The summed E-state index contributed by atoms with van der Waals surface area (Å²) in [4.78, 5) is 62.1. The molecule has 1 aliphatic carbocycles. The number of hydrogen-bond donors (Lipinski definition) is 2. The lowest BCUT2D eigenvalue weighted by atomic mass is 9.73. The molecule has 0 bridgehead atoms. The van der Waals surface area contributed by atoms with Gasteiger partial charge in [0.1, 0.15) is 6.04 Å². The first-order valence-electron chi connectivity index (χ1n) is 8.61. The maximum atomic E-state index is 12.4. The molecule has 2 N–H and O–H groups in total. The zero-order valence-electron chi connectivity index (χ0n) is 16.2. The lowest BCUT2D eigenvalue weighted by Crippen LogP contribution is -2.43. The molecule has 0 aromatic carbocycles. The molecule has 9 nitrogen and oxygen atoms in total. The van der Waals surface area contributed by atoms with Gasteiger partial charge in [-0.05, 0) is 26.3 Å². The Kier molecular flexibility index (Phi) is 7.46. The summed E-state index contributed by atoms with van der Waals surface area (Å²) in [5, 5.41) is 11.6. The molecule has 0 saturated carbocycles. The number of nitrogens with zero attached hydrogens (tertiary/aromatic N) is 2. The lowest BCUT2D eigenvalue weighted by Gasteiger charge is -2.30. The molecule has 0 saturated heterocycles. The van der Waals surface area contributed by atoms with E-state index in [1.165, 1.54) is 13.0 Å². The minimum Gasteiger partial charge on any atom is -0.480 e. The number of allylic oxidation sites excluding steroid dienone is 4. The smallest absolute Gasteiger partial charge is 0.326 e. The summed E-state index contributed by atoms with van der Waals surface area (Å²) in [5.74, 6) is -3.16. The van der Waals surface area contributed by atoms with E-state index in [1.54, 1.807) is 20.8 Å². The number of carbonyl (C=O) groups is 5. The van der Waals surface area contributed by atoms with Crippen LogP contribution in [0.25, 0.3) is 5.53 Å². The number of ketones is 3. The Morgan fingerprint density at radius 2 is 1.89 bits per heavy atom. The highest BCUT2D eigenvalue weighted by atomic mass is 16.4. The largest absolute Gasteiger partial charge is 0.480 e. The molecule has 9 heteroatoms. The number of nitrogens with one attached hydrogen (secondary N) is 1. The van der Waals surface area contributed by atoms with Gasteiger partial charge in [0.05, 0.1) is 0 Å². The van der Waals surface area contributed by atoms with Gasteiger partial charge in [0, 0.05) is 35.0 Å². The van der Waals surface area contributed by atoms with Crippen molar-refractivity contribution in [2.75, 3.05) is 0 Å². The van der Waals surface area contributed by atoms with Crippen LogP contribution in [0.1, 0.15) is 47.0 Å². The summed E-state index contributed by atoms with van der Waals surface area (Å²) in [5.41, 5.74) is 8.11. The highest BCUT2D eigenvalue weighted by molar-refractivity contribution is 6.25. The van der Waals surface area contributed by atoms with E-state index in [9.17, 15) is 29.1 Å². The molecule has 0 radical (unpaired) electrons. The molecule has 0 unspecified atom stereocenters. The Labute approximate surface area is 162 Å². The average Bonchev–Trinajstić information content (AvgIpc) is 2.55. The number of rotatable bonds is 9. The molecule has 0 aliphatic heterocycles. The number of carboxylic acid groups (broad SMARTS) is 1. The maximum absolute atomic E-state index is 12.4. The van der Waals surface area contributed by atoms with Crippen molar-refractivity contribution in [2.45, 2.75) is 53.0 Å². The number of amides is 1. The van der Waals surface area contributed by atoms with Crippen LogP contribution in [0.15, 0.2) is 22.8 Å². The highest BCUT2D eigenvalue weighted by Crippen LogP contribution is 2.36. The quantitative estimate of drug-likeness (QED) is 0.260. The van der Waals surface area contributed by atoms with Gasteiger partial charge in [0.2, 0.25) is 11.7 Å². The predicted molar refractivity (Wildman–Crippen MR) is 98.4 cm³/mol. The van der Waals surface area contributed by atoms with E-state index in [1.807, 2.05) is 0 Å². The molecule has 0 aromatic rings. The van der Waals surface area contributed by atoms with Crippen LogP contribution in [0.3, 0.4) is 0 Å². The SMILES string of the molecule is CC1=CC(=O)C(C(C)(C)CC(=O)N[C@@H](CCC(=O)C=[N+]=[N-])C(=O)O)=C(C)C1=O. The average molecular weight is 389 g/mol. The third-order valence-electron chi connectivity index (χ3n) is 4.46. The number of carboxylic acids is 1. The maximum Gasteiger partial charge on any atom is 0.326 e. The lowest BCUT2D eigenvalue weighted by molar-refractivity contribution is -0.142. The normalized spacial score (nSPS) is 15.5. The molecule has 0 heterocycles. The van der Waals surface area contributed by atoms with Crippen LogP contribution in [-0.4, -0.2) is 51.4 Å². The Hall–Kier alpha value is -3.19. The van der Waals surface area contributed by atoms with Crippen LogP contribution in [0.4, 0.5) is 0 Å². The highest BCUT2D eigenvalue weighted by Gasteiger charge is 2.36. The minimum atomic E-state index is -1.32. The summed E-state index contributed by atoms with van der Waals surface area (Å²) >= 11 is 0. The first kappa shape index (κ1) is 22.9. The second-order valence-electron chi connectivity index (χ2n) is 7.29. The van der Waals surface area contributed by atoms with Crippen LogP contribution >= 0.6 is 0 Å². The number of hydrogen-bond acceptors (Lipinski definition) is 5. The predicted octanol–water partition coefficient (Wildman–Crippen LogP) is 1.04. The summed E-state index contributed by atoms with van der Waals surface area (Å²) in [6, 6.07) is -1.32. The first-order valence-corrected chi connectivity index (χ1v) is 8.61. The topological polar surface area (TPSA) is 154 Å². The molecule has 1 aliphatic rings. The van der Waals surface area contributed by atoms with E-state index in [0.29, 0.717) is 11.8 Å². The molecule has 0 fully saturated rings. The summed E-state index contributed by atoms with van der Waals surface area (Å²) < 4.78 is 0. The van der Waals surface area contributed by atoms with Crippen molar-refractivity contribution in [2.24, 2.45) is 5.41 Å². The fraction of sp³-hybridized carbons (Fsp3) is 0.474. The van der Waals surface area contributed by atoms with Gasteiger partial charge in [0.25, 0.3) is 0 Å². The van der Waals surface area contributed by atoms with Gasteiger partial charge in [0.15, 0.2) is 11.6 Å². The summed E-state index contributed by atoms with van der Waals surface area (Å²) in [7, 11) is 0. The first-order chi connectivity index (χ1) is 12.9. The van der Waals surface area contributed by atoms with Crippen molar-refractivity contribution in [1.29, 1.82) is 0 Å². The zero-order valence-corrected chi connectivity index (χ0v) is 16.2. The van der Waals surface area contributed by atoms with Gasteiger partial charge in [-0.25, -0.2) is 4.79 Å². The number of carbonyl (C=O) groups excluding carboxylic acids is 4. The van der Waals surface area contributed by atoms with Gasteiger partial charge in [-0.15, -0.1) is 0 Å². The second-order valence-corrected chi connectivity index (χ2v) is 7.29. The van der Waals surface area contributed by atoms with E-state index in [2.05, 4.69) is 10.1 Å². The minimum absolute atomic E-state index is 0.187. The Balaban J connectivity index is 2.90. The van der Waals surface area contributed by atoms with Crippen molar-refractivity contribution in [1.82, 2.24) is 5.32 Å². The third kappa shape index (κ3) is 5.65. The van der Waals surface area contributed by atoms with Crippen molar-refractivity contribution in [3.63, 3.8) is 0 Å². The van der Waals surface area contributed by atoms with Crippen LogP contribution in [0.2, 0.25) is 0 Å². The van der Waals surface area contributed by atoms with E-state index in [0.717, 1.165) is 0 Å². The molecule has 1 rings (SSSR count).